The van der Waals surface area contributed by atoms with Crippen molar-refractivity contribution in [1.29, 1.82) is 0 Å². The molecule has 0 saturated heterocycles. The summed E-state index contributed by atoms with van der Waals surface area (Å²) < 4.78 is 5.45. The molecule has 0 atom stereocenters. The van der Waals surface area contributed by atoms with Gasteiger partial charge in [0.25, 0.3) is 5.91 Å². The number of methoxy groups -OCH3 is 1. The van der Waals surface area contributed by atoms with Crippen molar-refractivity contribution in [2.45, 2.75) is 0 Å². The van der Waals surface area contributed by atoms with Crippen molar-refractivity contribution >= 4 is 21.8 Å². The van der Waals surface area contributed by atoms with Crippen LogP contribution >= 0.6 is 15.9 Å². The van der Waals surface area contributed by atoms with Crippen molar-refractivity contribution in [3.63, 3.8) is 0 Å². The summed E-state index contributed by atoms with van der Waals surface area (Å²) in [5, 5.41) is 0. The Hall–Kier alpha value is -1.10. The molecule has 1 aromatic heterocycles. The molecule has 0 radical (unpaired) electrons. The topological polar surface area (TPSA) is 65.2 Å². The standard InChI is InChI=1S/C7H7BrN2O2/c1-12-7-4(6(9)11)2-3-5(8)10-7/h2-3H,1H3,(H2,9,11). The van der Waals surface area contributed by atoms with E-state index in [0.717, 1.165) is 0 Å². The molecule has 0 unspecified atom stereocenters. The van der Waals surface area contributed by atoms with Gasteiger partial charge in [-0.1, -0.05) is 0 Å². The predicted octanol–water partition coefficient (Wildman–Crippen LogP) is 0.952. The Bertz CT molecular complexity index is 314. The third-order valence-corrected chi connectivity index (χ3v) is 1.73. The first-order chi connectivity index (χ1) is 5.65. The van der Waals surface area contributed by atoms with Gasteiger partial charge in [0.05, 0.1) is 7.11 Å². The molecular formula is C7H7BrN2O2. The molecule has 0 aliphatic carbocycles. The molecule has 4 nitrogen and oxygen atoms in total. The molecule has 1 rings (SSSR count). The fourth-order valence-corrected chi connectivity index (χ4v) is 1.05. The van der Waals surface area contributed by atoms with Gasteiger partial charge < -0.3 is 10.5 Å². The monoisotopic (exact) mass is 230 g/mol. The van der Waals surface area contributed by atoms with Crippen LogP contribution in [0, 0.1) is 0 Å². The van der Waals surface area contributed by atoms with Crippen LogP contribution in [0.2, 0.25) is 0 Å². The Morgan fingerprint density at radius 3 is 2.83 bits per heavy atom. The van der Waals surface area contributed by atoms with E-state index in [9.17, 15) is 4.79 Å². The quantitative estimate of drug-likeness (QED) is 0.770. The lowest BCUT2D eigenvalue weighted by Gasteiger charge is -2.03. The van der Waals surface area contributed by atoms with Crippen molar-refractivity contribution in [2.75, 3.05) is 7.11 Å². The Labute approximate surface area is 77.9 Å². The van der Waals surface area contributed by atoms with Crippen LogP contribution in [0.4, 0.5) is 0 Å². The number of nitrogens with two attached hydrogens (primary N) is 1. The normalized spacial score (nSPS) is 9.50. The lowest BCUT2D eigenvalue weighted by Crippen LogP contribution is -2.13. The minimum absolute atomic E-state index is 0.233. The molecule has 0 aliphatic heterocycles. The predicted molar refractivity (Wildman–Crippen MR) is 47.0 cm³/mol. The molecule has 1 aromatic rings. The van der Waals surface area contributed by atoms with Crippen molar-refractivity contribution in [1.82, 2.24) is 4.98 Å². The van der Waals surface area contributed by atoms with E-state index in [1.165, 1.54) is 7.11 Å². The summed E-state index contributed by atoms with van der Waals surface area (Å²) >= 11 is 3.14. The summed E-state index contributed by atoms with van der Waals surface area (Å²) in [5.74, 6) is -0.316. The first-order valence-corrected chi connectivity index (χ1v) is 3.95. The van der Waals surface area contributed by atoms with Gasteiger partial charge in [0.1, 0.15) is 10.2 Å². The zero-order valence-corrected chi connectivity index (χ0v) is 7.96. The van der Waals surface area contributed by atoms with E-state index in [1.807, 2.05) is 0 Å². The highest BCUT2D eigenvalue weighted by Crippen LogP contribution is 2.17. The third-order valence-electron chi connectivity index (χ3n) is 1.29. The minimum Gasteiger partial charge on any atom is -0.480 e. The average molecular weight is 231 g/mol. The first kappa shape index (κ1) is 8.99. The SMILES string of the molecule is COc1nc(Br)ccc1C(N)=O. The number of pyridine rings is 1. The zero-order chi connectivity index (χ0) is 9.14. The van der Waals surface area contributed by atoms with Crippen molar-refractivity contribution in [3.8, 4) is 5.88 Å². The summed E-state index contributed by atoms with van der Waals surface area (Å²) in [6.07, 6.45) is 0. The molecule has 5 heteroatoms. The molecule has 0 saturated carbocycles. The number of hydrogen-bond donors (Lipinski definition) is 1. The summed E-state index contributed by atoms with van der Waals surface area (Å²) in [4.78, 5) is 14.7. The van der Waals surface area contributed by atoms with Crippen LogP contribution in [0.5, 0.6) is 5.88 Å². The number of carbonyl (C=O) groups excluding carboxylic acids is 1. The van der Waals surface area contributed by atoms with Gasteiger partial charge in [-0.2, -0.15) is 0 Å². The summed E-state index contributed by atoms with van der Waals surface area (Å²) in [6.45, 7) is 0. The first-order valence-electron chi connectivity index (χ1n) is 3.15. The van der Waals surface area contributed by atoms with Gasteiger partial charge in [-0.05, 0) is 28.1 Å². The second kappa shape index (κ2) is 3.53. The number of hydrogen-bond acceptors (Lipinski definition) is 3. The lowest BCUT2D eigenvalue weighted by molar-refractivity contribution is 0.0996. The van der Waals surface area contributed by atoms with Crippen LogP contribution in [0.1, 0.15) is 10.4 Å². The van der Waals surface area contributed by atoms with E-state index in [1.54, 1.807) is 12.1 Å². The maximum absolute atomic E-state index is 10.8. The fraction of sp³-hybridized carbons (Fsp3) is 0.143. The zero-order valence-electron chi connectivity index (χ0n) is 6.37. The number of aromatic nitrogens is 1. The molecule has 0 aliphatic rings. The van der Waals surface area contributed by atoms with E-state index in [4.69, 9.17) is 10.5 Å². The molecule has 0 bridgehead atoms. The van der Waals surface area contributed by atoms with Crippen LogP contribution in [-0.2, 0) is 0 Å². The Kier molecular flexibility index (Phi) is 2.65. The number of rotatable bonds is 2. The fourth-order valence-electron chi connectivity index (χ4n) is 0.761. The minimum atomic E-state index is -0.549. The van der Waals surface area contributed by atoms with Gasteiger partial charge >= 0.3 is 0 Å². The smallest absolute Gasteiger partial charge is 0.254 e. The van der Waals surface area contributed by atoms with Crippen LogP contribution in [0.3, 0.4) is 0 Å². The Morgan fingerprint density at radius 1 is 1.67 bits per heavy atom. The van der Waals surface area contributed by atoms with E-state index in [2.05, 4.69) is 20.9 Å². The molecule has 0 fully saturated rings. The maximum atomic E-state index is 10.8. The van der Waals surface area contributed by atoms with E-state index in [0.29, 0.717) is 4.60 Å². The van der Waals surface area contributed by atoms with Crippen LogP contribution in [-0.4, -0.2) is 18.0 Å². The molecule has 1 heterocycles. The van der Waals surface area contributed by atoms with E-state index < -0.39 is 5.91 Å². The van der Waals surface area contributed by atoms with Gasteiger partial charge in [0, 0.05) is 0 Å². The number of nitrogens with zero attached hydrogens (tertiary/aromatic N) is 1. The van der Waals surface area contributed by atoms with Crippen LogP contribution in [0.25, 0.3) is 0 Å². The molecule has 0 aromatic carbocycles. The number of carbonyl (C=O) groups is 1. The average Bonchev–Trinajstić information content (AvgIpc) is 2.03. The van der Waals surface area contributed by atoms with Crippen LogP contribution < -0.4 is 10.5 Å². The second-order valence-corrected chi connectivity index (χ2v) is 2.87. The van der Waals surface area contributed by atoms with Gasteiger partial charge in [-0.25, -0.2) is 4.98 Å². The molecular weight excluding hydrogens is 224 g/mol. The molecule has 12 heavy (non-hydrogen) atoms. The van der Waals surface area contributed by atoms with Gasteiger partial charge in [-0.3, -0.25) is 4.79 Å². The summed E-state index contributed by atoms with van der Waals surface area (Å²) in [6, 6.07) is 3.18. The lowest BCUT2D eigenvalue weighted by atomic mass is 10.2. The molecule has 2 N–H and O–H groups in total. The van der Waals surface area contributed by atoms with Crippen molar-refractivity contribution in [2.24, 2.45) is 5.73 Å². The van der Waals surface area contributed by atoms with E-state index >= 15 is 0 Å². The molecule has 64 valence electrons. The highest BCUT2D eigenvalue weighted by atomic mass is 79.9. The van der Waals surface area contributed by atoms with Gasteiger partial charge in [0.2, 0.25) is 5.88 Å². The highest BCUT2D eigenvalue weighted by Gasteiger charge is 2.09. The van der Waals surface area contributed by atoms with Crippen LogP contribution in [0.15, 0.2) is 16.7 Å². The number of halogens is 1. The second-order valence-electron chi connectivity index (χ2n) is 2.06. The number of amides is 1. The summed E-state index contributed by atoms with van der Waals surface area (Å²) in [7, 11) is 1.43. The van der Waals surface area contributed by atoms with Crippen molar-refractivity contribution < 1.29 is 9.53 Å². The van der Waals surface area contributed by atoms with E-state index in [-0.39, 0.29) is 11.4 Å². The summed E-state index contributed by atoms with van der Waals surface area (Å²) in [5.41, 5.74) is 5.34. The molecule has 0 spiro atoms. The highest BCUT2D eigenvalue weighted by molar-refractivity contribution is 9.10. The van der Waals surface area contributed by atoms with Crippen molar-refractivity contribution in [3.05, 3.63) is 22.3 Å². The number of ether oxygens (including phenoxy) is 1. The Morgan fingerprint density at radius 2 is 2.33 bits per heavy atom. The third kappa shape index (κ3) is 1.73. The Balaban J connectivity index is 3.20. The largest absolute Gasteiger partial charge is 0.480 e. The molecule has 1 amide bonds. The number of primary amides is 1. The van der Waals surface area contributed by atoms with Gasteiger partial charge in [-0.15, -0.1) is 0 Å². The van der Waals surface area contributed by atoms with Gasteiger partial charge in [0.15, 0.2) is 0 Å². The maximum Gasteiger partial charge on any atom is 0.254 e.